The van der Waals surface area contributed by atoms with Crippen LogP contribution >= 0.6 is 0 Å². The van der Waals surface area contributed by atoms with Gasteiger partial charge >= 0.3 is 0 Å². The van der Waals surface area contributed by atoms with Gasteiger partial charge in [0, 0.05) is 13.0 Å². The Morgan fingerprint density at radius 3 is 2.71 bits per heavy atom. The van der Waals surface area contributed by atoms with Gasteiger partial charge < -0.3 is 14.9 Å². The minimum Gasteiger partial charge on any atom is -0.465 e. The minimum atomic E-state index is -0.830. The molecule has 0 heterocycles. The fraction of sp³-hybridized carbons (Fsp3) is 0.455. The van der Waals surface area contributed by atoms with Crippen LogP contribution in [0, 0.1) is 6.92 Å². The lowest BCUT2D eigenvalue weighted by Crippen LogP contribution is -2.16. The molecule has 1 aromatic rings. The van der Waals surface area contributed by atoms with E-state index in [9.17, 15) is 5.11 Å². The first kappa shape index (κ1) is 11.0. The SMILES string of the molecule is Cc1ccccc1OC(O)CCCO. The van der Waals surface area contributed by atoms with Crippen LogP contribution < -0.4 is 4.74 Å². The van der Waals surface area contributed by atoms with Crippen LogP contribution in [-0.4, -0.2) is 23.1 Å². The Labute approximate surface area is 84.0 Å². The predicted octanol–water partition coefficient (Wildman–Crippen LogP) is 1.46. The number of hydrogen-bond acceptors (Lipinski definition) is 3. The van der Waals surface area contributed by atoms with Crippen molar-refractivity contribution in [1.82, 2.24) is 0 Å². The third kappa shape index (κ3) is 3.36. The topological polar surface area (TPSA) is 49.7 Å². The summed E-state index contributed by atoms with van der Waals surface area (Å²) in [4.78, 5) is 0. The van der Waals surface area contributed by atoms with Crippen LogP contribution in [0.3, 0.4) is 0 Å². The van der Waals surface area contributed by atoms with Crippen molar-refractivity contribution in [3.8, 4) is 5.75 Å². The zero-order valence-electron chi connectivity index (χ0n) is 8.31. The summed E-state index contributed by atoms with van der Waals surface area (Å²) in [7, 11) is 0. The van der Waals surface area contributed by atoms with Gasteiger partial charge in [0.25, 0.3) is 0 Å². The quantitative estimate of drug-likeness (QED) is 0.701. The molecular weight excluding hydrogens is 180 g/mol. The Bertz CT molecular complexity index is 273. The van der Waals surface area contributed by atoms with E-state index in [4.69, 9.17) is 9.84 Å². The largest absolute Gasteiger partial charge is 0.465 e. The molecule has 0 saturated carbocycles. The lowest BCUT2D eigenvalue weighted by molar-refractivity contribution is -0.0272. The van der Waals surface area contributed by atoms with Gasteiger partial charge in [-0.3, -0.25) is 0 Å². The van der Waals surface area contributed by atoms with Crippen LogP contribution in [0.15, 0.2) is 24.3 Å². The van der Waals surface area contributed by atoms with Crippen molar-refractivity contribution >= 4 is 0 Å². The summed E-state index contributed by atoms with van der Waals surface area (Å²) >= 11 is 0. The summed E-state index contributed by atoms with van der Waals surface area (Å²) in [5.41, 5.74) is 0.996. The molecule has 0 saturated heterocycles. The maximum absolute atomic E-state index is 9.42. The third-order valence-electron chi connectivity index (χ3n) is 1.97. The number of aryl methyl sites for hydroxylation is 1. The lowest BCUT2D eigenvalue weighted by atomic mass is 10.2. The van der Waals surface area contributed by atoms with Gasteiger partial charge in [0.2, 0.25) is 0 Å². The molecule has 1 aromatic carbocycles. The molecule has 1 atom stereocenters. The summed E-state index contributed by atoms with van der Waals surface area (Å²) in [5.74, 6) is 0.693. The van der Waals surface area contributed by atoms with Gasteiger partial charge in [-0.25, -0.2) is 0 Å². The number of aliphatic hydroxyl groups is 2. The van der Waals surface area contributed by atoms with E-state index in [0.29, 0.717) is 18.6 Å². The van der Waals surface area contributed by atoms with Crippen LogP contribution in [0.1, 0.15) is 18.4 Å². The molecule has 2 N–H and O–H groups in total. The second-order valence-corrected chi connectivity index (χ2v) is 3.20. The molecule has 0 spiro atoms. The molecule has 0 aliphatic rings. The smallest absolute Gasteiger partial charge is 0.197 e. The number of aliphatic hydroxyl groups excluding tert-OH is 2. The van der Waals surface area contributed by atoms with Crippen molar-refractivity contribution < 1.29 is 14.9 Å². The van der Waals surface area contributed by atoms with Crippen molar-refractivity contribution in [3.63, 3.8) is 0 Å². The van der Waals surface area contributed by atoms with Crippen molar-refractivity contribution in [2.45, 2.75) is 26.1 Å². The van der Waals surface area contributed by atoms with E-state index >= 15 is 0 Å². The molecule has 0 bridgehead atoms. The summed E-state index contributed by atoms with van der Waals surface area (Å²) in [5, 5.41) is 18.0. The predicted molar refractivity (Wildman–Crippen MR) is 54.1 cm³/mol. The summed E-state index contributed by atoms with van der Waals surface area (Å²) in [6.45, 7) is 2.00. The second kappa shape index (κ2) is 5.62. The average molecular weight is 196 g/mol. The highest BCUT2D eigenvalue weighted by Gasteiger charge is 2.06. The van der Waals surface area contributed by atoms with Gasteiger partial charge in [0.15, 0.2) is 6.29 Å². The van der Waals surface area contributed by atoms with Gasteiger partial charge in [-0.2, -0.15) is 0 Å². The van der Waals surface area contributed by atoms with Gasteiger partial charge in [0.05, 0.1) is 0 Å². The minimum absolute atomic E-state index is 0.0776. The van der Waals surface area contributed by atoms with E-state index in [2.05, 4.69) is 0 Å². The third-order valence-corrected chi connectivity index (χ3v) is 1.97. The monoisotopic (exact) mass is 196 g/mol. The number of rotatable bonds is 5. The maximum atomic E-state index is 9.42. The van der Waals surface area contributed by atoms with E-state index in [-0.39, 0.29) is 6.61 Å². The van der Waals surface area contributed by atoms with Crippen molar-refractivity contribution in [3.05, 3.63) is 29.8 Å². The molecule has 0 aromatic heterocycles. The maximum Gasteiger partial charge on any atom is 0.197 e. The molecule has 0 aliphatic heterocycles. The number of benzene rings is 1. The van der Waals surface area contributed by atoms with Crippen LogP contribution in [0.4, 0.5) is 0 Å². The van der Waals surface area contributed by atoms with E-state index in [1.807, 2.05) is 31.2 Å². The van der Waals surface area contributed by atoms with Crippen molar-refractivity contribution in [2.24, 2.45) is 0 Å². The van der Waals surface area contributed by atoms with E-state index in [1.54, 1.807) is 0 Å². The first-order valence-electron chi connectivity index (χ1n) is 4.75. The standard InChI is InChI=1S/C11H16O3/c1-9-5-2-3-6-10(9)14-11(13)7-4-8-12/h2-3,5-6,11-13H,4,7-8H2,1H3. The molecular formula is C11H16O3. The lowest BCUT2D eigenvalue weighted by Gasteiger charge is -2.14. The van der Waals surface area contributed by atoms with E-state index in [0.717, 1.165) is 5.56 Å². The molecule has 0 fully saturated rings. The fourth-order valence-corrected chi connectivity index (χ4v) is 1.16. The first-order valence-corrected chi connectivity index (χ1v) is 4.75. The van der Waals surface area contributed by atoms with Crippen LogP contribution in [0.25, 0.3) is 0 Å². The zero-order valence-corrected chi connectivity index (χ0v) is 8.31. The fourth-order valence-electron chi connectivity index (χ4n) is 1.16. The Kier molecular flexibility index (Phi) is 4.43. The highest BCUT2D eigenvalue weighted by Crippen LogP contribution is 2.18. The summed E-state index contributed by atoms with van der Waals surface area (Å²) in [6.07, 6.45) is 0.168. The van der Waals surface area contributed by atoms with Gasteiger partial charge in [-0.05, 0) is 25.0 Å². The normalized spacial score (nSPS) is 12.5. The molecule has 1 rings (SSSR count). The zero-order chi connectivity index (χ0) is 10.4. The van der Waals surface area contributed by atoms with Crippen LogP contribution in [0.2, 0.25) is 0 Å². The summed E-state index contributed by atoms with van der Waals surface area (Å²) < 4.78 is 5.29. The number of ether oxygens (including phenoxy) is 1. The van der Waals surface area contributed by atoms with Gasteiger partial charge in [0.1, 0.15) is 5.75 Å². The molecule has 3 heteroatoms. The van der Waals surface area contributed by atoms with Gasteiger partial charge in [-0.1, -0.05) is 18.2 Å². The van der Waals surface area contributed by atoms with E-state index < -0.39 is 6.29 Å². The molecule has 3 nitrogen and oxygen atoms in total. The second-order valence-electron chi connectivity index (χ2n) is 3.20. The molecule has 78 valence electrons. The first-order chi connectivity index (χ1) is 6.74. The highest BCUT2D eigenvalue weighted by atomic mass is 16.6. The molecule has 1 unspecified atom stereocenters. The number of para-hydroxylation sites is 1. The average Bonchev–Trinajstić information content (AvgIpc) is 2.18. The summed E-state index contributed by atoms with van der Waals surface area (Å²) in [6, 6.07) is 7.52. The van der Waals surface area contributed by atoms with Gasteiger partial charge in [-0.15, -0.1) is 0 Å². The Balaban J connectivity index is 2.47. The number of hydrogen-bond donors (Lipinski definition) is 2. The van der Waals surface area contributed by atoms with Crippen molar-refractivity contribution in [1.29, 1.82) is 0 Å². The van der Waals surface area contributed by atoms with Crippen molar-refractivity contribution in [2.75, 3.05) is 6.61 Å². The van der Waals surface area contributed by atoms with Crippen LogP contribution in [-0.2, 0) is 0 Å². The molecule has 0 aliphatic carbocycles. The molecule has 0 radical (unpaired) electrons. The van der Waals surface area contributed by atoms with Crippen LogP contribution in [0.5, 0.6) is 5.75 Å². The van der Waals surface area contributed by atoms with E-state index in [1.165, 1.54) is 0 Å². The highest BCUT2D eigenvalue weighted by molar-refractivity contribution is 5.31. The Morgan fingerprint density at radius 1 is 1.36 bits per heavy atom. The molecule has 14 heavy (non-hydrogen) atoms. The molecule has 0 amide bonds. The Morgan fingerprint density at radius 2 is 2.07 bits per heavy atom. The Hall–Kier alpha value is -1.06.